The van der Waals surface area contributed by atoms with E-state index in [0.29, 0.717) is 12.2 Å². The summed E-state index contributed by atoms with van der Waals surface area (Å²) in [4.78, 5) is 0. The molecule has 0 aromatic heterocycles. The first kappa shape index (κ1) is 8.21. The van der Waals surface area contributed by atoms with E-state index >= 15 is 0 Å². The molecule has 60 valence electrons. The van der Waals surface area contributed by atoms with Crippen molar-refractivity contribution in [2.24, 2.45) is 0 Å². The number of methoxy groups -OCH3 is 1. The standard InChI is InChI=1S/C9H11FO/c1-7-3-4-8(6-11-2)9(10)5-7/h3-5H,6H2,1-2H3. The molecule has 0 bridgehead atoms. The van der Waals surface area contributed by atoms with E-state index in [1.165, 1.54) is 6.07 Å². The Labute approximate surface area is 65.8 Å². The Morgan fingerprint density at radius 3 is 2.73 bits per heavy atom. The summed E-state index contributed by atoms with van der Waals surface area (Å²) < 4.78 is 17.8. The van der Waals surface area contributed by atoms with Crippen LogP contribution in [0.2, 0.25) is 0 Å². The number of ether oxygens (including phenoxy) is 1. The normalized spacial score (nSPS) is 10.1. The van der Waals surface area contributed by atoms with Crippen molar-refractivity contribution in [2.45, 2.75) is 13.5 Å². The molecule has 0 spiro atoms. The van der Waals surface area contributed by atoms with Crippen LogP contribution in [0.3, 0.4) is 0 Å². The van der Waals surface area contributed by atoms with E-state index in [1.807, 2.05) is 13.0 Å². The Morgan fingerprint density at radius 1 is 1.45 bits per heavy atom. The van der Waals surface area contributed by atoms with Crippen molar-refractivity contribution in [3.8, 4) is 0 Å². The topological polar surface area (TPSA) is 9.23 Å². The van der Waals surface area contributed by atoms with Gasteiger partial charge in [-0.25, -0.2) is 4.39 Å². The minimum absolute atomic E-state index is 0.188. The van der Waals surface area contributed by atoms with Gasteiger partial charge < -0.3 is 4.74 Å². The lowest BCUT2D eigenvalue weighted by Crippen LogP contribution is -1.92. The van der Waals surface area contributed by atoms with Gasteiger partial charge in [-0.1, -0.05) is 12.1 Å². The summed E-state index contributed by atoms with van der Waals surface area (Å²) in [6, 6.07) is 5.12. The number of rotatable bonds is 2. The molecule has 0 amide bonds. The summed E-state index contributed by atoms with van der Waals surface area (Å²) in [7, 11) is 1.55. The average molecular weight is 154 g/mol. The molecule has 1 rings (SSSR count). The third kappa shape index (κ3) is 2.02. The molecular formula is C9H11FO. The van der Waals surface area contributed by atoms with Gasteiger partial charge in [0.05, 0.1) is 6.61 Å². The maximum absolute atomic E-state index is 13.0. The van der Waals surface area contributed by atoms with Crippen molar-refractivity contribution in [1.82, 2.24) is 0 Å². The van der Waals surface area contributed by atoms with Gasteiger partial charge in [-0.3, -0.25) is 0 Å². The van der Waals surface area contributed by atoms with Crippen molar-refractivity contribution in [1.29, 1.82) is 0 Å². The van der Waals surface area contributed by atoms with Gasteiger partial charge in [0.1, 0.15) is 5.82 Å². The van der Waals surface area contributed by atoms with Gasteiger partial charge in [0, 0.05) is 12.7 Å². The summed E-state index contributed by atoms with van der Waals surface area (Å²) in [6.07, 6.45) is 0. The van der Waals surface area contributed by atoms with E-state index in [1.54, 1.807) is 13.2 Å². The molecule has 11 heavy (non-hydrogen) atoms. The maximum atomic E-state index is 13.0. The number of benzene rings is 1. The first-order chi connectivity index (χ1) is 5.24. The van der Waals surface area contributed by atoms with Gasteiger partial charge >= 0.3 is 0 Å². The molecule has 0 saturated heterocycles. The average Bonchev–Trinajstić information content (AvgIpc) is 1.95. The van der Waals surface area contributed by atoms with Crippen LogP contribution in [0.25, 0.3) is 0 Å². The molecule has 2 heteroatoms. The van der Waals surface area contributed by atoms with Gasteiger partial charge in [-0.15, -0.1) is 0 Å². The molecule has 0 fully saturated rings. The first-order valence-corrected chi connectivity index (χ1v) is 3.48. The van der Waals surface area contributed by atoms with Crippen LogP contribution in [-0.2, 0) is 11.3 Å². The molecule has 1 nitrogen and oxygen atoms in total. The van der Waals surface area contributed by atoms with E-state index in [0.717, 1.165) is 5.56 Å². The Kier molecular flexibility index (Phi) is 2.60. The third-order valence-corrected chi connectivity index (χ3v) is 1.51. The molecule has 0 heterocycles. The van der Waals surface area contributed by atoms with Crippen LogP contribution in [0, 0.1) is 12.7 Å². The molecule has 0 aliphatic rings. The van der Waals surface area contributed by atoms with Gasteiger partial charge in [0.25, 0.3) is 0 Å². The molecule has 1 aromatic rings. The van der Waals surface area contributed by atoms with Crippen molar-refractivity contribution < 1.29 is 9.13 Å². The SMILES string of the molecule is COCc1ccc(C)cc1F. The van der Waals surface area contributed by atoms with Crippen molar-refractivity contribution >= 4 is 0 Å². The molecule has 0 atom stereocenters. The lowest BCUT2D eigenvalue weighted by atomic mass is 10.1. The lowest BCUT2D eigenvalue weighted by molar-refractivity contribution is 0.181. The predicted octanol–water partition coefficient (Wildman–Crippen LogP) is 2.28. The molecule has 0 radical (unpaired) electrons. The van der Waals surface area contributed by atoms with Crippen LogP contribution in [0.1, 0.15) is 11.1 Å². The Hall–Kier alpha value is -0.890. The molecule has 0 aliphatic carbocycles. The Morgan fingerprint density at radius 2 is 2.18 bits per heavy atom. The summed E-state index contributed by atoms with van der Waals surface area (Å²) >= 11 is 0. The highest BCUT2D eigenvalue weighted by Crippen LogP contribution is 2.10. The molecular weight excluding hydrogens is 143 g/mol. The zero-order valence-corrected chi connectivity index (χ0v) is 6.73. The van der Waals surface area contributed by atoms with Crippen molar-refractivity contribution in [3.05, 3.63) is 35.1 Å². The molecule has 1 aromatic carbocycles. The fourth-order valence-corrected chi connectivity index (χ4v) is 0.925. The molecule has 0 saturated carbocycles. The van der Waals surface area contributed by atoms with Crippen LogP contribution >= 0.6 is 0 Å². The van der Waals surface area contributed by atoms with E-state index in [4.69, 9.17) is 4.74 Å². The number of aryl methyl sites for hydroxylation is 1. The van der Waals surface area contributed by atoms with E-state index in [2.05, 4.69) is 0 Å². The lowest BCUT2D eigenvalue weighted by Gasteiger charge is -2.01. The summed E-state index contributed by atoms with van der Waals surface area (Å²) in [5, 5.41) is 0. The van der Waals surface area contributed by atoms with E-state index in [9.17, 15) is 4.39 Å². The third-order valence-electron chi connectivity index (χ3n) is 1.51. The number of hydrogen-bond donors (Lipinski definition) is 0. The highest BCUT2D eigenvalue weighted by Gasteiger charge is 1.99. The predicted molar refractivity (Wildman–Crippen MR) is 41.9 cm³/mol. The van der Waals surface area contributed by atoms with Crippen LogP contribution in [0.5, 0.6) is 0 Å². The van der Waals surface area contributed by atoms with Gasteiger partial charge in [0.2, 0.25) is 0 Å². The summed E-state index contributed by atoms with van der Waals surface area (Å²) in [5.41, 5.74) is 1.54. The Balaban J connectivity index is 2.90. The minimum Gasteiger partial charge on any atom is -0.380 e. The second-order valence-corrected chi connectivity index (χ2v) is 2.53. The second-order valence-electron chi connectivity index (χ2n) is 2.53. The van der Waals surface area contributed by atoms with Crippen molar-refractivity contribution in [2.75, 3.05) is 7.11 Å². The van der Waals surface area contributed by atoms with Crippen LogP contribution in [0.4, 0.5) is 4.39 Å². The molecule has 0 N–H and O–H groups in total. The summed E-state index contributed by atoms with van der Waals surface area (Å²) in [5.74, 6) is -0.188. The van der Waals surface area contributed by atoms with Gasteiger partial charge in [-0.05, 0) is 18.6 Å². The molecule has 0 aliphatic heterocycles. The molecule has 0 unspecified atom stereocenters. The van der Waals surface area contributed by atoms with Gasteiger partial charge in [-0.2, -0.15) is 0 Å². The Bertz CT molecular complexity index is 245. The quantitative estimate of drug-likeness (QED) is 0.635. The maximum Gasteiger partial charge on any atom is 0.128 e. The fraction of sp³-hybridized carbons (Fsp3) is 0.333. The smallest absolute Gasteiger partial charge is 0.128 e. The van der Waals surface area contributed by atoms with Crippen LogP contribution in [-0.4, -0.2) is 7.11 Å². The zero-order chi connectivity index (χ0) is 8.27. The highest BCUT2D eigenvalue weighted by atomic mass is 19.1. The fourth-order valence-electron chi connectivity index (χ4n) is 0.925. The van der Waals surface area contributed by atoms with E-state index < -0.39 is 0 Å². The van der Waals surface area contributed by atoms with Gasteiger partial charge in [0.15, 0.2) is 0 Å². The van der Waals surface area contributed by atoms with Crippen LogP contribution < -0.4 is 0 Å². The first-order valence-electron chi connectivity index (χ1n) is 3.48. The highest BCUT2D eigenvalue weighted by molar-refractivity contribution is 5.22. The second kappa shape index (κ2) is 3.49. The largest absolute Gasteiger partial charge is 0.380 e. The summed E-state index contributed by atoms with van der Waals surface area (Å²) in [6.45, 7) is 2.20. The number of halogens is 1. The number of hydrogen-bond acceptors (Lipinski definition) is 1. The van der Waals surface area contributed by atoms with Crippen LogP contribution in [0.15, 0.2) is 18.2 Å². The monoisotopic (exact) mass is 154 g/mol. The van der Waals surface area contributed by atoms with Crippen molar-refractivity contribution in [3.63, 3.8) is 0 Å². The minimum atomic E-state index is -0.188. The zero-order valence-electron chi connectivity index (χ0n) is 6.73. The van der Waals surface area contributed by atoms with E-state index in [-0.39, 0.29) is 5.82 Å².